The maximum absolute atomic E-state index is 12.3. The standard InChI is InChI=1S/C14H24BN2O4/c1-14(2)4-9-6-17(11(7-18)10(9)5-14)13(20)3-12(19)15-21-8-16/h9-11,18H,3-8,16H2,1-2H3/t9-,10-,11+/m0/s1. The van der Waals surface area contributed by atoms with Crippen molar-refractivity contribution in [2.45, 2.75) is 39.2 Å². The Bertz CT molecular complexity index is 416. The van der Waals surface area contributed by atoms with Crippen LogP contribution in [-0.2, 0) is 14.2 Å². The SMILES string of the molecule is CC1(C)C[C@H]2CN(C(=O)CC(=O)[B]OCN)[C@H](CO)[C@H]2C1. The highest BCUT2D eigenvalue weighted by Crippen LogP contribution is 2.51. The van der Waals surface area contributed by atoms with Gasteiger partial charge in [0.1, 0.15) is 5.68 Å². The number of amides is 1. The highest BCUT2D eigenvalue weighted by Gasteiger charge is 2.50. The van der Waals surface area contributed by atoms with E-state index in [1.807, 2.05) is 0 Å². The summed E-state index contributed by atoms with van der Waals surface area (Å²) >= 11 is 0. The molecule has 1 saturated heterocycles. The van der Waals surface area contributed by atoms with Crippen LogP contribution in [0.2, 0.25) is 0 Å². The van der Waals surface area contributed by atoms with Gasteiger partial charge in [0.15, 0.2) is 0 Å². The van der Waals surface area contributed by atoms with Crippen LogP contribution in [0.3, 0.4) is 0 Å². The molecule has 0 bridgehead atoms. The van der Waals surface area contributed by atoms with Crippen molar-refractivity contribution in [1.29, 1.82) is 0 Å². The predicted molar refractivity (Wildman–Crippen MR) is 78.1 cm³/mol. The van der Waals surface area contributed by atoms with E-state index in [0.29, 0.717) is 18.4 Å². The predicted octanol–water partition coefficient (Wildman–Crippen LogP) is -0.289. The van der Waals surface area contributed by atoms with Crippen LogP contribution in [0.1, 0.15) is 33.1 Å². The van der Waals surface area contributed by atoms with Crippen LogP contribution >= 0.6 is 0 Å². The van der Waals surface area contributed by atoms with Crippen molar-refractivity contribution in [1.82, 2.24) is 4.90 Å². The number of rotatable bonds is 6. The van der Waals surface area contributed by atoms with E-state index in [2.05, 4.69) is 13.8 Å². The molecule has 0 unspecified atom stereocenters. The monoisotopic (exact) mass is 295 g/mol. The van der Waals surface area contributed by atoms with E-state index in [1.165, 1.54) is 0 Å². The maximum atomic E-state index is 12.3. The number of hydrogen-bond acceptors (Lipinski definition) is 5. The average molecular weight is 295 g/mol. The van der Waals surface area contributed by atoms with Crippen LogP contribution < -0.4 is 5.73 Å². The van der Waals surface area contributed by atoms with E-state index in [1.54, 1.807) is 4.90 Å². The normalized spacial score (nSPS) is 30.3. The van der Waals surface area contributed by atoms with Gasteiger partial charge in [0.25, 0.3) is 0 Å². The number of aliphatic hydroxyl groups is 1. The van der Waals surface area contributed by atoms with Crippen molar-refractivity contribution >= 4 is 19.1 Å². The largest absolute Gasteiger partial charge is 0.419 e. The third-order valence-corrected chi connectivity index (χ3v) is 4.68. The van der Waals surface area contributed by atoms with Gasteiger partial charge >= 0.3 is 7.48 Å². The number of likely N-dealkylation sites (tertiary alicyclic amines) is 1. The van der Waals surface area contributed by atoms with Crippen molar-refractivity contribution in [3.63, 3.8) is 0 Å². The Morgan fingerprint density at radius 2 is 2.14 bits per heavy atom. The van der Waals surface area contributed by atoms with E-state index in [4.69, 9.17) is 10.4 Å². The Hall–Kier alpha value is -0.915. The van der Waals surface area contributed by atoms with Crippen LogP contribution in [-0.4, -0.2) is 55.0 Å². The van der Waals surface area contributed by atoms with Gasteiger partial charge in [-0.3, -0.25) is 4.79 Å². The number of carbonyl (C=O) groups is 2. The second-order valence-electron chi connectivity index (χ2n) is 6.89. The van der Waals surface area contributed by atoms with Gasteiger partial charge < -0.3 is 25.2 Å². The molecule has 2 fully saturated rings. The van der Waals surface area contributed by atoms with Gasteiger partial charge in [-0.05, 0) is 30.1 Å². The summed E-state index contributed by atoms with van der Waals surface area (Å²) in [6.07, 6.45) is 1.86. The Labute approximate surface area is 126 Å². The molecule has 1 aliphatic heterocycles. The summed E-state index contributed by atoms with van der Waals surface area (Å²) in [5, 5.41) is 9.65. The van der Waals surface area contributed by atoms with Crippen molar-refractivity contribution in [2.75, 3.05) is 19.9 Å². The number of nitrogens with zero attached hydrogens (tertiary/aromatic N) is 1. The molecule has 3 atom stereocenters. The maximum Gasteiger partial charge on any atom is 0.377 e. The first-order valence-electron chi connectivity index (χ1n) is 7.46. The minimum Gasteiger partial charge on any atom is -0.419 e. The van der Waals surface area contributed by atoms with Gasteiger partial charge in [0.05, 0.1) is 25.8 Å². The number of aliphatic hydroxyl groups excluding tert-OH is 1. The highest BCUT2D eigenvalue weighted by atomic mass is 16.4. The van der Waals surface area contributed by atoms with Crippen LogP contribution in [0.25, 0.3) is 0 Å². The fourth-order valence-electron chi connectivity index (χ4n) is 3.97. The molecule has 7 heteroatoms. The lowest BCUT2D eigenvalue weighted by Gasteiger charge is -2.29. The van der Waals surface area contributed by atoms with E-state index in [0.717, 1.165) is 20.3 Å². The first kappa shape index (κ1) is 16.5. The fourth-order valence-corrected chi connectivity index (χ4v) is 3.97. The smallest absolute Gasteiger partial charge is 0.377 e. The molecule has 1 amide bonds. The molecular weight excluding hydrogens is 271 g/mol. The molecule has 6 nitrogen and oxygen atoms in total. The Kier molecular flexibility index (Phi) is 5.06. The minimum absolute atomic E-state index is 0.0415. The summed E-state index contributed by atoms with van der Waals surface area (Å²) in [5.41, 5.74) is 5.01. The lowest BCUT2D eigenvalue weighted by Crippen LogP contribution is -2.42. The fraction of sp³-hybridized carbons (Fsp3) is 0.857. The molecule has 0 aromatic heterocycles. The number of nitrogens with two attached hydrogens (primary N) is 1. The highest BCUT2D eigenvalue weighted by molar-refractivity contribution is 6.70. The lowest BCUT2D eigenvalue weighted by atomic mass is 9.88. The minimum atomic E-state index is -0.389. The molecule has 1 aliphatic carbocycles. The molecule has 117 valence electrons. The van der Waals surface area contributed by atoms with Crippen molar-refractivity contribution < 1.29 is 19.3 Å². The average Bonchev–Trinajstić information content (AvgIpc) is 2.87. The zero-order valence-electron chi connectivity index (χ0n) is 12.7. The molecule has 0 aromatic rings. The summed E-state index contributed by atoms with van der Waals surface area (Å²) in [6, 6.07) is -0.160. The van der Waals surface area contributed by atoms with E-state index < -0.39 is 0 Å². The summed E-state index contributed by atoms with van der Waals surface area (Å²) in [4.78, 5) is 25.5. The molecule has 0 aromatic carbocycles. The summed E-state index contributed by atoms with van der Waals surface area (Å²) < 4.78 is 4.70. The van der Waals surface area contributed by atoms with E-state index in [9.17, 15) is 14.7 Å². The Morgan fingerprint density at radius 1 is 1.43 bits per heavy atom. The summed E-state index contributed by atoms with van der Waals surface area (Å²) in [5.74, 6) is 0.539. The zero-order chi connectivity index (χ0) is 15.6. The van der Waals surface area contributed by atoms with Gasteiger partial charge in [0.2, 0.25) is 5.91 Å². The molecule has 3 N–H and O–H groups in total. The lowest BCUT2D eigenvalue weighted by molar-refractivity contribution is -0.135. The van der Waals surface area contributed by atoms with Gasteiger partial charge in [-0.15, -0.1) is 0 Å². The van der Waals surface area contributed by atoms with Gasteiger partial charge in [-0.2, -0.15) is 0 Å². The van der Waals surface area contributed by atoms with E-state index in [-0.39, 0.29) is 42.8 Å². The van der Waals surface area contributed by atoms with Crippen LogP contribution in [0, 0.1) is 17.3 Å². The molecule has 21 heavy (non-hydrogen) atoms. The summed E-state index contributed by atoms with van der Waals surface area (Å²) in [7, 11) is 0.992. The molecule has 0 spiro atoms. The number of hydrogen-bond donors (Lipinski definition) is 2. The molecule has 1 radical (unpaired) electrons. The third-order valence-electron chi connectivity index (χ3n) is 4.68. The van der Waals surface area contributed by atoms with E-state index >= 15 is 0 Å². The topological polar surface area (TPSA) is 92.9 Å². The molecule has 2 aliphatic rings. The second kappa shape index (κ2) is 6.46. The molecular formula is C14H24BN2O4. The van der Waals surface area contributed by atoms with Crippen LogP contribution in [0.4, 0.5) is 0 Å². The quantitative estimate of drug-likeness (QED) is 0.399. The third kappa shape index (κ3) is 3.65. The number of carbonyl (C=O) groups excluding carboxylic acids is 2. The van der Waals surface area contributed by atoms with Crippen molar-refractivity contribution in [3.05, 3.63) is 0 Å². The molecule has 2 rings (SSSR count). The van der Waals surface area contributed by atoms with Gasteiger partial charge in [-0.1, -0.05) is 13.8 Å². The summed E-state index contributed by atoms with van der Waals surface area (Å²) in [6.45, 7) is 4.98. The zero-order valence-corrected chi connectivity index (χ0v) is 12.7. The first-order valence-corrected chi connectivity index (χ1v) is 7.46. The van der Waals surface area contributed by atoms with Crippen molar-refractivity contribution in [2.24, 2.45) is 23.0 Å². The van der Waals surface area contributed by atoms with Gasteiger partial charge in [-0.25, -0.2) is 0 Å². The van der Waals surface area contributed by atoms with Gasteiger partial charge in [0, 0.05) is 6.54 Å². The number of fused-ring (bicyclic) bond motifs is 1. The van der Waals surface area contributed by atoms with Crippen LogP contribution in [0.15, 0.2) is 0 Å². The van der Waals surface area contributed by atoms with Crippen LogP contribution in [0.5, 0.6) is 0 Å². The Balaban J connectivity index is 1.95. The molecule has 1 heterocycles. The molecule has 1 saturated carbocycles. The van der Waals surface area contributed by atoms with Crippen molar-refractivity contribution in [3.8, 4) is 0 Å². The first-order chi connectivity index (χ1) is 9.88. The Morgan fingerprint density at radius 3 is 2.76 bits per heavy atom. The second-order valence-corrected chi connectivity index (χ2v) is 6.89.